The van der Waals surface area contributed by atoms with Crippen molar-refractivity contribution in [2.24, 2.45) is 0 Å². The fraction of sp³-hybridized carbons (Fsp3) is 0.400. The second-order valence-corrected chi connectivity index (χ2v) is 5.02. The van der Waals surface area contributed by atoms with Gasteiger partial charge in [-0.3, -0.25) is 4.79 Å². The zero-order valence-electron chi connectivity index (χ0n) is 10.1. The third-order valence-corrected chi connectivity index (χ3v) is 3.95. The number of pyridine rings is 1. The Hall–Kier alpha value is -1.57. The molecule has 0 atom stereocenters. The molecule has 17 heavy (non-hydrogen) atoms. The zero-order valence-corrected chi connectivity index (χ0v) is 10.1. The molecule has 1 aliphatic carbocycles. The van der Waals surface area contributed by atoms with Gasteiger partial charge in [0.25, 0.3) is 0 Å². The standard InChI is InChI=1S/C15H17NO/c1-10-14(11-6-2-3-7-11)16-13-9-5-4-8-12(13)15(10)17/h4-5,8-9,11H,2-3,6-7H2,1H3,(H,16,17). The molecular formula is C15H17NO. The van der Waals surface area contributed by atoms with Crippen molar-refractivity contribution in [1.82, 2.24) is 4.98 Å². The summed E-state index contributed by atoms with van der Waals surface area (Å²) in [4.78, 5) is 15.8. The van der Waals surface area contributed by atoms with E-state index in [1.54, 1.807) is 0 Å². The van der Waals surface area contributed by atoms with Crippen molar-refractivity contribution in [1.29, 1.82) is 0 Å². The van der Waals surface area contributed by atoms with Crippen LogP contribution in [0.5, 0.6) is 0 Å². The molecule has 1 aromatic carbocycles. The highest BCUT2D eigenvalue weighted by atomic mass is 16.1. The molecule has 2 heteroatoms. The normalized spacial score (nSPS) is 16.8. The summed E-state index contributed by atoms with van der Waals surface area (Å²) in [5.41, 5.74) is 3.26. The summed E-state index contributed by atoms with van der Waals surface area (Å²) in [5, 5.41) is 0.812. The van der Waals surface area contributed by atoms with Gasteiger partial charge >= 0.3 is 0 Å². The fourth-order valence-corrected chi connectivity index (χ4v) is 2.98. The lowest BCUT2D eigenvalue weighted by atomic mass is 9.97. The number of aromatic nitrogens is 1. The summed E-state index contributed by atoms with van der Waals surface area (Å²) in [6, 6.07) is 7.80. The molecule has 0 unspecified atom stereocenters. The van der Waals surface area contributed by atoms with E-state index in [4.69, 9.17) is 0 Å². The van der Waals surface area contributed by atoms with Crippen LogP contribution in [0.4, 0.5) is 0 Å². The van der Waals surface area contributed by atoms with Crippen LogP contribution in [0.25, 0.3) is 10.9 Å². The van der Waals surface area contributed by atoms with Gasteiger partial charge in [0.05, 0.1) is 0 Å². The van der Waals surface area contributed by atoms with Crippen LogP contribution < -0.4 is 5.43 Å². The Balaban J connectivity index is 2.25. The van der Waals surface area contributed by atoms with Gasteiger partial charge in [-0.25, -0.2) is 0 Å². The molecule has 0 spiro atoms. The van der Waals surface area contributed by atoms with Crippen LogP contribution in [0.2, 0.25) is 0 Å². The van der Waals surface area contributed by atoms with E-state index in [1.165, 1.54) is 31.4 Å². The van der Waals surface area contributed by atoms with Crippen LogP contribution in [0.1, 0.15) is 42.9 Å². The quantitative estimate of drug-likeness (QED) is 0.794. The monoisotopic (exact) mass is 227 g/mol. The Morgan fingerprint density at radius 1 is 1.18 bits per heavy atom. The SMILES string of the molecule is Cc1c(C2CCCC2)[nH]c2ccccc2c1=O. The maximum Gasteiger partial charge on any atom is 0.192 e. The molecule has 2 aromatic rings. The summed E-state index contributed by atoms with van der Waals surface area (Å²) >= 11 is 0. The summed E-state index contributed by atoms with van der Waals surface area (Å²) in [7, 11) is 0. The van der Waals surface area contributed by atoms with Crippen molar-refractivity contribution in [2.45, 2.75) is 38.5 Å². The molecule has 88 valence electrons. The molecular weight excluding hydrogens is 210 g/mol. The molecule has 1 fully saturated rings. The van der Waals surface area contributed by atoms with Gasteiger partial charge in [0.15, 0.2) is 5.43 Å². The molecule has 1 N–H and O–H groups in total. The molecule has 0 radical (unpaired) electrons. The first-order valence-electron chi connectivity index (χ1n) is 6.39. The Morgan fingerprint density at radius 3 is 2.65 bits per heavy atom. The van der Waals surface area contributed by atoms with Gasteiger partial charge in [-0.2, -0.15) is 0 Å². The van der Waals surface area contributed by atoms with E-state index >= 15 is 0 Å². The van der Waals surface area contributed by atoms with Gasteiger partial charge in [0, 0.05) is 22.2 Å². The van der Waals surface area contributed by atoms with Crippen molar-refractivity contribution in [3.05, 3.63) is 45.7 Å². The predicted octanol–water partition coefficient (Wildman–Crippen LogP) is 3.49. The predicted molar refractivity (Wildman–Crippen MR) is 70.5 cm³/mol. The van der Waals surface area contributed by atoms with Crippen LogP contribution in [-0.4, -0.2) is 4.98 Å². The molecule has 1 heterocycles. The molecule has 0 saturated heterocycles. The fourth-order valence-electron chi connectivity index (χ4n) is 2.98. The minimum absolute atomic E-state index is 0.196. The smallest absolute Gasteiger partial charge is 0.192 e. The molecule has 1 aromatic heterocycles. The lowest BCUT2D eigenvalue weighted by Gasteiger charge is -2.14. The zero-order chi connectivity index (χ0) is 11.8. The molecule has 2 nitrogen and oxygen atoms in total. The van der Waals surface area contributed by atoms with E-state index in [2.05, 4.69) is 4.98 Å². The topological polar surface area (TPSA) is 32.9 Å². The highest BCUT2D eigenvalue weighted by molar-refractivity contribution is 5.79. The number of hydrogen-bond acceptors (Lipinski definition) is 1. The third kappa shape index (κ3) is 1.68. The average Bonchev–Trinajstić information content (AvgIpc) is 2.87. The minimum Gasteiger partial charge on any atom is -0.358 e. The summed E-state index contributed by atoms with van der Waals surface area (Å²) in [6.07, 6.45) is 5.02. The third-order valence-electron chi connectivity index (χ3n) is 3.95. The van der Waals surface area contributed by atoms with Gasteiger partial charge in [0.2, 0.25) is 0 Å². The first-order chi connectivity index (χ1) is 8.27. The molecule has 1 saturated carbocycles. The number of nitrogens with one attached hydrogen (secondary N) is 1. The molecule has 0 amide bonds. The highest BCUT2D eigenvalue weighted by Crippen LogP contribution is 2.34. The summed E-state index contributed by atoms with van der Waals surface area (Å²) in [5.74, 6) is 0.562. The van der Waals surface area contributed by atoms with E-state index in [-0.39, 0.29) is 5.43 Å². The second kappa shape index (κ2) is 4.02. The number of hydrogen-bond donors (Lipinski definition) is 1. The van der Waals surface area contributed by atoms with Gasteiger partial charge in [-0.05, 0) is 37.8 Å². The Kier molecular flexibility index (Phi) is 2.50. The summed E-state index contributed by atoms with van der Waals surface area (Å²) < 4.78 is 0. The van der Waals surface area contributed by atoms with Crippen LogP contribution in [0.15, 0.2) is 29.1 Å². The highest BCUT2D eigenvalue weighted by Gasteiger charge is 2.21. The first kappa shape index (κ1) is 10.6. The second-order valence-electron chi connectivity index (χ2n) is 5.02. The van der Waals surface area contributed by atoms with Crippen molar-refractivity contribution >= 4 is 10.9 Å². The first-order valence-corrected chi connectivity index (χ1v) is 6.39. The number of rotatable bonds is 1. The number of fused-ring (bicyclic) bond motifs is 1. The summed E-state index contributed by atoms with van der Waals surface area (Å²) in [6.45, 7) is 1.96. The molecule has 1 aliphatic rings. The van der Waals surface area contributed by atoms with E-state index < -0.39 is 0 Å². The van der Waals surface area contributed by atoms with Crippen molar-refractivity contribution in [3.63, 3.8) is 0 Å². The van der Waals surface area contributed by atoms with E-state index in [1.807, 2.05) is 31.2 Å². The number of H-pyrrole nitrogens is 1. The van der Waals surface area contributed by atoms with Gasteiger partial charge in [-0.15, -0.1) is 0 Å². The van der Waals surface area contributed by atoms with Crippen LogP contribution >= 0.6 is 0 Å². The molecule has 0 aliphatic heterocycles. The molecule has 3 rings (SSSR count). The number of benzene rings is 1. The van der Waals surface area contributed by atoms with Gasteiger partial charge in [0.1, 0.15) is 0 Å². The van der Waals surface area contributed by atoms with Crippen molar-refractivity contribution in [2.75, 3.05) is 0 Å². The van der Waals surface area contributed by atoms with E-state index in [9.17, 15) is 4.79 Å². The molecule has 0 bridgehead atoms. The maximum absolute atomic E-state index is 12.3. The Bertz CT molecular complexity index is 606. The Morgan fingerprint density at radius 2 is 1.88 bits per heavy atom. The number of aromatic amines is 1. The number of para-hydroxylation sites is 1. The maximum atomic E-state index is 12.3. The van der Waals surface area contributed by atoms with Gasteiger partial charge in [-0.1, -0.05) is 25.0 Å². The van der Waals surface area contributed by atoms with Crippen molar-refractivity contribution in [3.8, 4) is 0 Å². The average molecular weight is 227 g/mol. The van der Waals surface area contributed by atoms with Crippen LogP contribution in [0.3, 0.4) is 0 Å². The lowest BCUT2D eigenvalue weighted by Crippen LogP contribution is -2.13. The van der Waals surface area contributed by atoms with Crippen LogP contribution in [-0.2, 0) is 0 Å². The Labute approximate surface area is 101 Å². The largest absolute Gasteiger partial charge is 0.358 e. The van der Waals surface area contributed by atoms with E-state index in [0.717, 1.165) is 16.5 Å². The van der Waals surface area contributed by atoms with Gasteiger partial charge < -0.3 is 4.98 Å². The van der Waals surface area contributed by atoms with E-state index in [0.29, 0.717) is 5.92 Å². The van der Waals surface area contributed by atoms with Crippen molar-refractivity contribution < 1.29 is 0 Å². The lowest BCUT2D eigenvalue weighted by molar-refractivity contribution is 0.694. The van der Waals surface area contributed by atoms with Crippen LogP contribution in [0, 0.1) is 6.92 Å². The minimum atomic E-state index is 0.196.